The van der Waals surface area contributed by atoms with Crippen LogP contribution >= 0.6 is 0 Å². The molecule has 2 amide bonds. The molecule has 1 atom stereocenters. The highest BCUT2D eigenvalue weighted by Gasteiger charge is 2.31. The summed E-state index contributed by atoms with van der Waals surface area (Å²) in [6, 6.07) is 16.6. The first kappa shape index (κ1) is 22.7. The number of nitro benzene ring substituents is 1. The van der Waals surface area contributed by atoms with Gasteiger partial charge in [-0.05, 0) is 66.6 Å². The lowest BCUT2D eigenvalue weighted by Crippen LogP contribution is -2.44. The van der Waals surface area contributed by atoms with Crippen LogP contribution in [0.4, 0.5) is 21.5 Å². The van der Waals surface area contributed by atoms with E-state index in [0.717, 1.165) is 5.56 Å². The summed E-state index contributed by atoms with van der Waals surface area (Å²) >= 11 is 0. The van der Waals surface area contributed by atoms with Crippen molar-refractivity contribution >= 4 is 35.0 Å². The van der Waals surface area contributed by atoms with Crippen molar-refractivity contribution in [3.05, 3.63) is 99.9 Å². The molecule has 0 spiro atoms. The van der Waals surface area contributed by atoms with Crippen molar-refractivity contribution in [3.63, 3.8) is 0 Å². The third kappa shape index (κ3) is 5.09. The Labute approximate surface area is 194 Å². The van der Waals surface area contributed by atoms with Crippen molar-refractivity contribution in [2.45, 2.75) is 19.6 Å². The number of nitrogens with zero attached hydrogens (tertiary/aromatic N) is 2. The topological polar surface area (TPSA) is 102 Å². The van der Waals surface area contributed by atoms with E-state index in [4.69, 9.17) is 4.74 Å². The average molecular weight is 461 g/mol. The fraction of sp³-hybridized carbons (Fsp3) is 0.120. The molecule has 0 bridgehead atoms. The molecule has 172 valence electrons. The van der Waals surface area contributed by atoms with Crippen LogP contribution in [0.3, 0.4) is 0 Å². The molecule has 34 heavy (non-hydrogen) atoms. The van der Waals surface area contributed by atoms with E-state index < -0.39 is 16.9 Å². The molecule has 0 saturated carbocycles. The van der Waals surface area contributed by atoms with Gasteiger partial charge >= 0.3 is 0 Å². The Hall–Kier alpha value is -4.53. The molecule has 0 fully saturated rings. The van der Waals surface area contributed by atoms with Gasteiger partial charge in [0.2, 0.25) is 5.91 Å². The maximum absolute atomic E-state index is 13.3. The monoisotopic (exact) mass is 461 g/mol. The lowest BCUT2D eigenvalue weighted by Gasteiger charge is -2.33. The molecule has 0 radical (unpaired) electrons. The standard InChI is InChI=1S/C25H20FN3O5/c1-16-25(31)28(15-18-2-7-19(26)8-3-18)22-14-20(9-12-23(22)34-16)27-24(30)13-6-17-4-10-21(11-5-17)29(32)33/h2-14,16H,15H2,1H3,(H,27,30)/b13-6+. The summed E-state index contributed by atoms with van der Waals surface area (Å²) in [5, 5.41) is 13.5. The number of hydrogen-bond donors (Lipinski definition) is 1. The summed E-state index contributed by atoms with van der Waals surface area (Å²) in [7, 11) is 0. The summed E-state index contributed by atoms with van der Waals surface area (Å²) in [6.07, 6.45) is 2.16. The number of carbonyl (C=O) groups is 2. The molecule has 3 aromatic rings. The molecule has 1 aliphatic heterocycles. The maximum atomic E-state index is 13.3. The van der Waals surface area contributed by atoms with E-state index in [2.05, 4.69) is 5.32 Å². The van der Waals surface area contributed by atoms with Gasteiger partial charge in [-0.1, -0.05) is 12.1 Å². The van der Waals surface area contributed by atoms with Crippen LogP contribution in [-0.4, -0.2) is 22.8 Å². The maximum Gasteiger partial charge on any atom is 0.269 e. The van der Waals surface area contributed by atoms with Crippen molar-refractivity contribution < 1.29 is 23.6 Å². The van der Waals surface area contributed by atoms with Crippen LogP contribution in [0.15, 0.2) is 72.8 Å². The third-order valence-corrected chi connectivity index (χ3v) is 5.22. The molecule has 0 saturated heterocycles. The van der Waals surface area contributed by atoms with E-state index in [1.165, 1.54) is 48.6 Å². The van der Waals surface area contributed by atoms with E-state index in [0.29, 0.717) is 22.7 Å². The van der Waals surface area contributed by atoms with E-state index in [1.54, 1.807) is 42.2 Å². The van der Waals surface area contributed by atoms with Crippen molar-refractivity contribution in [3.8, 4) is 5.75 Å². The van der Waals surface area contributed by atoms with Crippen molar-refractivity contribution in [2.75, 3.05) is 10.2 Å². The highest BCUT2D eigenvalue weighted by Crippen LogP contribution is 2.37. The summed E-state index contributed by atoms with van der Waals surface area (Å²) in [4.78, 5) is 37.0. The number of carbonyl (C=O) groups excluding carboxylic acids is 2. The highest BCUT2D eigenvalue weighted by atomic mass is 19.1. The Morgan fingerprint density at radius 1 is 1.15 bits per heavy atom. The molecular weight excluding hydrogens is 441 g/mol. The van der Waals surface area contributed by atoms with E-state index in [9.17, 15) is 24.1 Å². The van der Waals surface area contributed by atoms with Gasteiger partial charge in [0, 0.05) is 23.9 Å². The average Bonchev–Trinajstić information content (AvgIpc) is 2.82. The summed E-state index contributed by atoms with van der Waals surface area (Å²) < 4.78 is 19.0. The SMILES string of the molecule is CC1Oc2ccc(NC(=O)/C=C/c3ccc([N+](=O)[O-])cc3)cc2N(Cc2ccc(F)cc2)C1=O. The Kier molecular flexibility index (Phi) is 6.35. The lowest BCUT2D eigenvalue weighted by molar-refractivity contribution is -0.384. The molecule has 1 aliphatic rings. The zero-order valence-corrected chi connectivity index (χ0v) is 18.1. The quantitative estimate of drug-likeness (QED) is 0.326. The molecule has 1 heterocycles. The van der Waals surface area contributed by atoms with Gasteiger partial charge in [-0.15, -0.1) is 0 Å². The predicted octanol–water partition coefficient (Wildman–Crippen LogP) is 4.70. The van der Waals surface area contributed by atoms with Gasteiger partial charge in [-0.3, -0.25) is 19.7 Å². The number of benzene rings is 3. The van der Waals surface area contributed by atoms with Crippen LogP contribution in [0.5, 0.6) is 5.75 Å². The minimum Gasteiger partial charge on any atom is -0.479 e. The number of rotatable bonds is 6. The number of ether oxygens (including phenoxy) is 1. The Morgan fingerprint density at radius 3 is 2.53 bits per heavy atom. The van der Waals surface area contributed by atoms with Crippen LogP contribution in [-0.2, 0) is 16.1 Å². The van der Waals surface area contributed by atoms with Gasteiger partial charge in [-0.2, -0.15) is 0 Å². The van der Waals surface area contributed by atoms with Gasteiger partial charge in [-0.25, -0.2) is 4.39 Å². The molecule has 1 unspecified atom stereocenters. The number of anilines is 2. The van der Waals surface area contributed by atoms with Crippen LogP contribution in [0.1, 0.15) is 18.1 Å². The van der Waals surface area contributed by atoms with Crippen LogP contribution in [0.2, 0.25) is 0 Å². The molecular formula is C25H20FN3O5. The Bertz CT molecular complexity index is 1270. The number of halogens is 1. The minimum absolute atomic E-state index is 0.0352. The zero-order valence-electron chi connectivity index (χ0n) is 18.1. The van der Waals surface area contributed by atoms with Crippen molar-refractivity contribution in [1.29, 1.82) is 0 Å². The molecule has 8 nitrogen and oxygen atoms in total. The first-order chi connectivity index (χ1) is 16.3. The normalized spacial score (nSPS) is 15.1. The van der Waals surface area contributed by atoms with Crippen LogP contribution < -0.4 is 15.0 Å². The molecule has 9 heteroatoms. The number of amides is 2. The first-order valence-electron chi connectivity index (χ1n) is 10.4. The van der Waals surface area contributed by atoms with Gasteiger partial charge in [0.15, 0.2) is 6.10 Å². The third-order valence-electron chi connectivity index (χ3n) is 5.22. The zero-order chi connectivity index (χ0) is 24.2. The predicted molar refractivity (Wildman–Crippen MR) is 125 cm³/mol. The summed E-state index contributed by atoms with van der Waals surface area (Å²) in [6.45, 7) is 1.87. The van der Waals surface area contributed by atoms with Gasteiger partial charge in [0.05, 0.1) is 17.2 Å². The molecule has 0 aliphatic carbocycles. The number of fused-ring (bicyclic) bond motifs is 1. The van der Waals surface area contributed by atoms with Gasteiger partial charge < -0.3 is 15.0 Å². The lowest BCUT2D eigenvalue weighted by atomic mass is 10.1. The van der Waals surface area contributed by atoms with E-state index in [-0.39, 0.29) is 24.0 Å². The highest BCUT2D eigenvalue weighted by molar-refractivity contribution is 6.04. The largest absolute Gasteiger partial charge is 0.479 e. The number of nitro groups is 1. The fourth-order valence-corrected chi connectivity index (χ4v) is 3.48. The second-order valence-electron chi connectivity index (χ2n) is 7.66. The summed E-state index contributed by atoms with van der Waals surface area (Å²) in [5.74, 6) is -0.538. The molecule has 4 rings (SSSR count). The van der Waals surface area contributed by atoms with Gasteiger partial charge in [0.25, 0.3) is 11.6 Å². The number of nitrogens with one attached hydrogen (secondary N) is 1. The van der Waals surface area contributed by atoms with Crippen molar-refractivity contribution in [1.82, 2.24) is 0 Å². The smallest absolute Gasteiger partial charge is 0.269 e. The van der Waals surface area contributed by atoms with Crippen molar-refractivity contribution in [2.24, 2.45) is 0 Å². The first-order valence-corrected chi connectivity index (χ1v) is 10.4. The molecule has 0 aromatic heterocycles. The van der Waals surface area contributed by atoms with E-state index >= 15 is 0 Å². The fourth-order valence-electron chi connectivity index (χ4n) is 3.48. The van der Waals surface area contributed by atoms with Crippen LogP contribution in [0, 0.1) is 15.9 Å². The Balaban J connectivity index is 1.51. The summed E-state index contributed by atoms with van der Waals surface area (Å²) in [5.41, 5.74) is 2.28. The second-order valence-corrected chi connectivity index (χ2v) is 7.66. The van der Waals surface area contributed by atoms with Crippen LogP contribution in [0.25, 0.3) is 6.08 Å². The molecule has 1 N–H and O–H groups in total. The Morgan fingerprint density at radius 2 is 1.85 bits per heavy atom. The second kappa shape index (κ2) is 9.53. The number of hydrogen-bond acceptors (Lipinski definition) is 5. The molecule has 3 aromatic carbocycles. The minimum atomic E-state index is -0.682. The number of non-ortho nitro benzene ring substituents is 1. The van der Waals surface area contributed by atoms with Gasteiger partial charge in [0.1, 0.15) is 11.6 Å². The van der Waals surface area contributed by atoms with E-state index in [1.807, 2.05) is 0 Å².